The molecule has 3 aromatic rings. The first-order valence-electron chi connectivity index (χ1n) is 9.18. The van der Waals surface area contributed by atoms with Crippen LogP contribution in [0.15, 0.2) is 42.5 Å². The van der Waals surface area contributed by atoms with E-state index in [1.165, 1.54) is 28.0 Å². The molecule has 1 N–H and O–H groups in total. The van der Waals surface area contributed by atoms with Crippen molar-refractivity contribution < 1.29 is 19.4 Å². The Hall–Kier alpha value is -2.04. The highest BCUT2D eigenvalue weighted by Crippen LogP contribution is 2.47. The van der Waals surface area contributed by atoms with Gasteiger partial charge in [-0.3, -0.25) is 14.5 Å². The van der Waals surface area contributed by atoms with Gasteiger partial charge in [0.25, 0.3) is 0 Å². The Kier molecular flexibility index (Phi) is 7.11. The summed E-state index contributed by atoms with van der Waals surface area (Å²) < 4.78 is 5.70. The van der Waals surface area contributed by atoms with Crippen LogP contribution in [-0.2, 0) is 16.2 Å². The third kappa shape index (κ3) is 5.13. The standard InChI is InChI=1S/C20H14Cl3N3O4S2/c21-11-3-1-10(2-4-11)19-26(18(29)15(31-19)8-17(27)28)20-25-24-16(32-20)9-30-14-6-5-12(22)7-13(14)23/h1-7,15,19H,8-9H2,(H,27,28). The predicted octanol–water partition coefficient (Wildman–Crippen LogP) is 5.70. The van der Waals surface area contributed by atoms with Crippen LogP contribution in [-0.4, -0.2) is 32.4 Å². The number of amides is 1. The van der Waals surface area contributed by atoms with E-state index in [2.05, 4.69) is 10.2 Å². The molecular weight excluding hydrogens is 517 g/mol. The number of benzene rings is 2. The summed E-state index contributed by atoms with van der Waals surface area (Å²) in [4.78, 5) is 25.8. The van der Waals surface area contributed by atoms with Crippen LogP contribution in [0.5, 0.6) is 5.75 Å². The molecule has 0 bridgehead atoms. The molecule has 0 radical (unpaired) electrons. The molecule has 1 aromatic heterocycles. The Morgan fingerprint density at radius 3 is 2.50 bits per heavy atom. The van der Waals surface area contributed by atoms with Gasteiger partial charge in [-0.05, 0) is 35.9 Å². The molecule has 1 amide bonds. The summed E-state index contributed by atoms with van der Waals surface area (Å²) in [6.07, 6.45) is -0.284. The average Bonchev–Trinajstić information content (AvgIpc) is 3.32. The number of nitrogens with zero attached hydrogens (tertiary/aromatic N) is 3. The van der Waals surface area contributed by atoms with Crippen LogP contribution in [0.25, 0.3) is 0 Å². The van der Waals surface area contributed by atoms with Crippen molar-refractivity contribution in [1.29, 1.82) is 0 Å². The molecule has 1 aliphatic rings. The van der Waals surface area contributed by atoms with Gasteiger partial charge >= 0.3 is 5.97 Å². The summed E-state index contributed by atoms with van der Waals surface area (Å²) >= 11 is 20.5. The minimum absolute atomic E-state index is 0.0956. The molecule has 0 saturated carbocycles. The Balaban J connectivity index is 1.56. The normalized spacial score (nSPS) is 18.2. The number of carbonyl (C=O) groups excluding carboxylic acids is 1. The van der Waals surface area contributed by atoms with E-state index in [0.717, 1.165) is 5.56 Å². The number of halogens is 3. The van der Waals surface area contributed by atoms with Gasteiger partial charge in [0.1, 0.15) is 17.7 Å². The lowest BCUT2D eigenvalue weighted by Crippen LogP contribution is -2.31. The third-order valence-corrected chi connectivity index (χ3v) is 7.58. The fourth-order valence-electron chi connectivity index (χ4n) is 3.02. The number of aliphatic carboxylic acids is 1. The van der Waals surface area contributed by atoms with Gasteiger partial charge in [-0.15, -0.1) is 22.0 Å². The maximum Gasteiger partial charge on any atom is 0.305 e. The Labute approximate surface area is 206 Å². The lowest BCUT2D eigenvalue weighted by atomic mass is 10.2. The highest BCUT2D eigenvalue weighted by atomic mass is 35.5. The summed E-state index contributed by atoms with van der Waals surface area (Å²) in [5, 5.41) is 18.6. The van der Waals surface area contributed by atoms with Crippen LogP contribution in [0, 0.1) is 0 Å². The van der Waals surface area contributed by atoms with Gasteiger partial charge in [-0.1, -0.05) is 58.3 Å². The predicted molar refractivity (Wildman–Crippen MR) is 126 cm³/mol. The van der Waals surface area contributed by atoms with Crippen molar-refractivity contribution in [2.45, 2.75) is 23.7 Å². The molecule has 0 spiro atoms. The monoisotopic (exact) mass is 529 g/mol. The van der Waals surface area contributed by atoms with Crippen molar-refractivity contribution in [3.8, 4) is 5.75 Å². The summed E-state index contributed by atoms with van der Waals surface area (Å²) in [5.74, 6) is -0.929. The van der Waals surface area contributed by atoms with Crippen molar-refractivity contribution >= 4 is 74.9 Å². The SMILES string of the molecule is O=C(O)CC1SC(c2ccc(Cl)cc2)N(c2nnc(COc3ccc(Cl)cc3Cl)s2)C1=O. The third-order valence-electron chi connectivity index (χ3n) is 4.46. The number of carboxylic acids is 1. The second-order valence-corrected chi connectivity index (χ2v) is 10.3. The molecule has 7 nitrogen and oxygen atoms in total. The van der Waals surface area contributed by atoms with E-state index < -0.39 is 16.6 Å². The first-order valence-corrected chi connectivity index (χ1v) is 12.1. The zero-order chi connectivity index (χ0) is 22.8. The number of ether oxygens (including phenoxy) is 1. The van der Waals surface area contributed by atoms with Gasteiger partial charge in [-0.2, -0.15) is 0 Å². The van der Waals surface area contributed by atoms with Crippen LogP contribution in [0.4, 0.5) is 5.13 Å². The average molecular weight is 531 g/mol. The Morgan fingerprint density at radius 2 is 1.81 bits per heavy atom. The van der Waals surface area contributed by atoms with E-state index in [1.54, 1.807) is 42.5 Å². The van der Waals surface area contributed by atoms with Gasteiger partial charge in [0, 0.05) is 10.0 Å². The van der Waals surface area contributed by atoms with Crippen LogP contribution in [0.3, 0.4) is 0 Å². The van der Waals surface area contributed by atoms with Gasteiger partial charge in [0.15, 0.2) is 5.01 Å². The van der Waals surface area contributed by atoms with Crippen molar-refractivity contribution in [1.82, 2.24) is 10.2 Å². The van der Waals surface area contributed by atoms with Crippen LogP contribution in [0.1, 0.15) is 22.4 Å². The summed E-state index contributed by atoms with van der Waals surface area (Å²) in [5.41, 5.74) is 0.807. The zero-order valence-electron chi connectivity index (χ0n) is 16.1. The maximum absolute atomic E-state index is 13.1. The molecule has 4 rings (SSSR count). The van der Waals surface area contributed by atoms with Crippen molar-refractivity contribution in [3.05, 3.63) is 68.1 Å². The van der Waals surface area contributed by atoms with Gasteiger partial charge in [0.05, 0.1) is 16.7 Å². The van der Waals surface area contributed by atoms with Crippen molar-refractivity contribution in [2.24, 2.45) is 0 Å². The van der Waals surface area contributed by atoms with Crippen LogP contribution >= 0.6 is 57.9 Å². The number of carboxylic acid groups (broad SMARTS) is 1. The first kappa shape index (κ1) is 23.1. The quantitative estimate of drug-likeness (QED) is 0.419. The second-order valence-electron chi connectivity index (χ2n) is 6.68. The van der Waals surface area contributed by atoms with Gasteiger partial charge in [0.2, 0.25) is 11.0 Å². The second kappa shape index (κ2) is 9.84. The summed E-state index contributed by atoms with van der Waals surface area (Å²) in [7, 11) is 0. The summed E-state index contributed by atoms with van der Waals surface area (Å²) in [6.45, 7) is 0.0956. The fraction of sp³-hybridized carbons (Fsp3) is 0.200. The number of hydrogen-bond acceptors (Lipinski definition) is 7. The van der Waals surface area contributed by atoms with E-state index in [4.69, 9.17) is 39.5 Å². The topological polar surface area (TPSA) is 92.6 Å². The molecule has 1 aliphatic heterocycles. The van der Waals surface area contributed by atoms with Crippen LogP contribution in [0.2, 0.25) is 15.1 Å². The number of rotatable bonds is 7. The van der Waals surface area contributed by atoms with E-state index in [-0.39, 0.29) is 18.9 Å². The lowest BCUT2D eigenvalue weighted by Gasteiger charge is -2.20. The number of aromatic nitrogens is 2. The molecule has 1 fully saturated rings. The molecule has 32 heavy (non-hydrogen) atoms. The van der Waals surface area contributed by atoms with E-state index in [9.17, 15) is 14.7 Å². The molecule has 166 valence electrons. The number of hydrogen-bond donors (Lipinski definition) is 1. The lowest BCUT2D eigenvalue weighted by molar-refractivity contribution is -0.138. The van der Waals surface area contributed by atoms with E-state index in [0.29, 0.717) is 31.0 Å². The van der Waals surface area contributed by atoms with Gasteiger partial charge in [-0.25, -0.2) is 0 Å². The first-order chi connectivity index (χ1) is 15.3. The minimum atomic E-state index is -1.04. The largest absolute Gasteiger partial charge is 0.485 e. The minimum Gasteiger partial charge on any atom is -0.485 e. The molecule has 2 unspecified atom stereocenters. The van der Waals surface area contributed by atoms with Gasteiger partial charge < -0.3 is 9.84 Å². The number of carbonyl (C=O) groups is 2. The summed E-state index contributed by atoms with van der Waals surface area (Å²) in [6, 6.07) is 11.9. The highest BCUT2D eigenvalue weighted by Gasteiger charge is 2.44. The van der Waals surface area contributed by atoms with Crippen molar-refractivity contribution in [2.75, 3.05) is 4.90 Å². The Bertz CT molecular complexity index is 1160. The van der Waals surface area contributed by atoms with Crippen molar-refractivity contribution in [3.63, 3.8) is 0 Å². The number of thioether (sulfide) groups is 1. The molecule has 2 atom stereocenters. The number of anilines is 1. The smallest absolute Gasteiger partial charge is 0.305 e. The van der Waals surface area contributed by atoms with E-state index in [1.807, 2.05) is 0 Å². The highest BCUT2D eigenvalue weighted by molar-refractivity contribution is 8.01. The fourth-order valence-corrected chi connectivity index (χ4v) is 5.88. The molecule has 0 aliphatic carbocycles. The molecule has 12 heteroatoms. The molecule has 1 saturated heterocycles. The Morgan fingerprint density at radius 1 is 1.09 bits per heavy atom. The molecule has 2 aromatic carbocycles. The maximum atomic E-state index is 13.1. The molecular formula is C20H14Cl3N3O4S2. The molecule has 2 heterocycles. The van der Waals surface area contributed by atoms with Crippen LogP contribution < -0.4 is 9.64 Å². The van der Waals surface area contributed by atoms with E-state index >= 15 is 0 Å². The zero-order valence-corrected chi connectivity index (χ0v) is 20.0.